The lowest BCUT2D eigenvalue weighted by Gasteiger charge is -2.06. The first-order chi connectivity index (χ1) is 8.45. The molecule has 0 aliphatic rings. The number of rotatable bonds is 7. The van der Waals surface area contributed by atoms with E-state index in [0.717, 1.165) is 5.56 Å². The van der Waals surface area contributed by atoms with Gasteiger partial charge in [0.15, 0.2) is 0 Å². The van der Waals surface area contributed by atoms with Gasteiger partial charge in [-0.2, -0.15) is 8.42 Å². The van der Waals surface area contributed by atoms with Crippen molar-refractivity contribution in [1.29, 1.82) is 0 Å². The maximum absolute atomic E-state index is 11.7. The molecule has 102 valence electrons. The van der Waals surface area contributed by atoms with Gasteiger partial charge in [-0.1, -0.05) is 17.7 Å². The lowest BCUT2D eigenvalue weighted by Crippen LogP contribution is -2.10. The largest absolute Gasteiger partial charge is 0.318 e. The fourth-order valence-electron chi connectivity index (χ4n) is 1.10. The molecular formula is C10H15O6PS. The third-order valence-electron chi connectivity index (χ3n) is 2.02. The minimum Gasteiger partial charge on any atom is -0.314 e. The van der Waals surface area contributed by atoms with E-state index in [2.05, 4.69) is 9.05 Å². The summed E-state index contributed by atoms with van der Waals surface area (Å²) >= 11 is 0. The van der Waals surface area contributed by atoms with E-state index < -0.39 is 18.4 Å². The Morgan fingerprint density at radius 2 is 1.78 bits per heavy atom. The van der Waals surface area contributed by atoms with Crippen molar-refractivity contribution in [3.8, 4) is 0 Å². The van der Waals surface area contributed by atoms with E-state index >= 15 is 0 Å². The van der Waals surface area contributed by atoms with Crippen LogP contribution >= 0.6 is 8.25 Å². The Bertz CT molecular complexity index is 496. The molecule has 0 saturated heterocycles. The molecule has 0 aliphatic carbocycles. The highest BCUT2D eigenvalue weighted by atomic mass is 32.2. The Kier molecular flexibility index (Phi) is 5.98. The minimum absolute atomic E-state index is 0.0764. The highest BCUT2D eigenvalue weighted by molar-refractivity contribution is 7.86. The summed E-state index contributed by atoms with van der Waals surface area (Å²) in [6.45, 7) is 1.53. The van der Waals surface area contributed by atoms with Gasteiger partial charge >= 0.3 is 8.25 Å². The zero-order valence-corrected chi connectivity index (χ0v) is 11.9. The molecule has 1 aromatic rings. The lowest BCUT2D eigenvalue weighted by molar-refractivity contribution is 0.201. The first kappa shape index (κ1) is 15.3. The number of hydrogen-bond donors (Lipinski definition) is 0. The average molecular weight is 294 g/mol. The number of hydrogen-bond acceptors (Lipinski definition) is 6. The molecule has 0 heterocycles. The second-order valence-corrected chi connectivity index (χ2v) is 6.20. The Balaban J connectivity index is 2.50. The third-order valence-corrected chi connectivity index (χ3v) is 4.12. The first-order valence-electron chi connectivity index (χ1n) is 5.12. The van der Waals surface area contributed by atoms with Crippen molar-refractivity contribution in [3.63, 3.8) is 0 Å². The molecule has 0 aliphatic heterocycles. The van der Waals surface area contributed by atoms with Crippen molar-refractivity contribution in [3.05, 3.63) is 29.8 Å². The van der Waals surface area contributed by atoms with Crippen LogP contribution in [0.5, 0.6) is 0 Å². The number of aryl methyl sites for hydroxylation is 1. The zero-order chi connectivity index (χ0) is 13.6. The molecule has 0 radical (unpaired) electrons. The highest BCUT2D eigenvalue weighted by Crippen LogP contribution is 2.21. The van der Waals surface area contributed by atoms with Gasteiger partial charge in [-0.15, -0.1) is 0 Å². The highest BCUT2D eigenvalue weighted by Gasteiger charge is 2.14. The molecule has 1 atom stereocenters. The molecule has 0 saturated carbocycles. The second kappa shape index (κ2) is 7.01. The summed E-state index contributed by atoms with van der Waals surface area (Å²) in [5.74, 6) is 0. The van der Waals surface area contributed by atoms with Crippen LogP contribution in [-0.2, 0) is 27.9 Å². The van der Waals surface area contributed by atoms with Crippen molar-refractivity contribution in [2.24, 2.45) is 0 Å². The maximum Gasteiger partial charge on any atom is 0.318 e. The summed E-state index contributed by atoms with van der Waals surface area (Å²) in [5.41, 5.74) is 0.955. The monoisotopic (exact) mass is 294 g/mol. The average Bonchev–Trinajstić information content (AvgIpc) is 2.35. The minimum atomic E-state index is -3.79. The van der Waals surface area contributed by atoms with E-state index in [4.69, 9.17) is 4.18 Å². The molecule has 0 N–H and O–H groups in total. The van der Waals surface area contributed by atoms with Gasteiger partial charge in [0, 0.05) is 7.11 Å². The predicted octanol–water partition coefficient (Wildman–Crippen LogP) is 1.75. The van der Waals surface area contributed by atoms with Crippen LogP contribution in [0.1, 0.15) is 5.56 Å². The Hall–Kier alpha value is -0.720. The van der Waals surface area contributed by atoms with Crippen molar-refractivity contribution in [2.75, 3.05) is 20.3 Å². The summed E-state index contributed by atoms with van der Waals surface area (Å²) in [6, 6.07) is 6.28. The van der Waals surface area contributed by atoms with Gasteiger partial charge in [0.05, 0.1) is 18.1 Å². The topological polar surface area (TPSA) is 78.9 Å². The Labute approximate surface area is 107 Å². The molecular weight excluding hydrogens is 279 g/mol. The normalized spacial score (nSPS) is 13.4. The van der Waals surface area contributed by atoms with Crippen molar-refractivity contribution in [1.82, 2.24) is 0 Å². The van der Waals surface area contributed by atoms with Crippen LogP contribution in [0.25, 0.3) is 0 Å². The molecule has 0 fully saturated rings. The van der Waals surface area contributed by atoms with E-state index in [1.807, 2.05) is 6.92 Å². The maximum atomic E-state index is 11.7. The standard InChI is InChI=1S/C10H15O6PS/c1-9-3-5-10(6-4-9)18(12,13)16-8-7-15-17(11)14-2/h3-6,17H,7-8H2,1-2H3. The number of benzene rings is 1. The SMILES string of the molecule is CO[PH](=O)OCCOS(=O)(=O)c1ccc(C)cc1. The first-order valence-corrected chi connectivity index (χ1v) is 7.76. The molecule has 0 spiro atoms. The van der Waals surface area contributed by atoms with E-state index in [-0.39, 0.29) is 18.1 Å². The van der Waals surface area contributed by atoms with Gasteiger partial charge in [-0.25, -0.2) is 0 Å². The van der Waals surface area contributed by atoms with E-state index in [9.17, 15) is 13.0 Å². The van der Waals surface area contributed by atoms with Crippen LogP contribution < -0.4 is 0 Å². The lowest BCUT2D eigenvalue weighted by atomic mass is 10.2. The van der Waals surface area contributed by atoms with Crippen molar-refractivity contribution < 1.29 is 26.2 Å². The fourth-order valence-corrected chi connectivity index (χ4v) is 2.36. The molecule has 6 nitrogen and oxygen atoms in total. The van der Waals surface area contributed by atoms with Crippen molar-refractivity contribution >= 4 is 18.4 Å². The van der Waals surface area contributed by atoms with Gasteiger partial charge in [0.25, 0.3) is 10.1 Å². The van der Waals surface area contributed by atoms with E-state index in [0.29, 0.717) is 0 Å². The summed E-state index contributed by atoms with van der Waals surface area (Å²) in [4.78, 5) is 0.0764. The molecule has 1 unspecified atom stereocenters. The van der Waals surface area contributed by atoms with Gasteiger partial charge < -0.3 is 9.05 Å². The fraction of sp³-hybridized carbons (Fsp3) is 0.400. The van der Waals surface area contributed by atoms with Crippen molar-refractivity contribution in [2.45, 2.75) is 11.8 Å². The summed E-state index contributed by atoms with van der Waals surface area (Å²) < 4.78 is 47.9. The molecule has 0 bridgehead atoms. The Morgan fingerprint density at radius 3 is 2.33 bits per heavy atom. The summed E-state index contributed by atoms with van der Waals surface area (Å²) in [5, 5.41) is 0. The molecule has 0 aromatic heterocycles. The van der Waals surface area contributed by atoms with Crippen LogP contribution in [-0.4, -0.2) is 28.7 Å². The van der Waals surface area contributed by atoms with E-state index in [1.54, 1.807) is 12.1 Å². The van der Waals surface area contributed by atoms with Gasteiger partial charge in [-0.3, -0.25) is 8.75 Å². The predicted molar refractivity (Wildman–Crippen MR) is 66.3 cm³/mol. The zero-order valence-electron chi connectivity index (χ0n) is 10.1. The van der Waals surface area contributed by atoms with Gasteiger partial charge in [-0.05, 0) is 19.1 Å². The Morgan fingerprint density at radius 1 is 1.17 bits per heavy atom. The van der Waals surface area contributed by atoms with Crippen LogP contribution in [0.3, 0.4) is 0 Å². The van der Waals surface area contributed by atoms with Gasteiger partial charge in [0.1, 0.15) is 0 Å². The summed E-state index contributed by atoms with van der Waals surface area (Å²) in [6.07, 6.45) is 0. The van der Waals surface area contributed by atoms with Crippen LogP contribution in [0.15, 0.2) is 29.2 Å². The smallest absolute Gasteiger partial charge is 0.314 e. The molecule has 1 aromatic carbocycles. The van der Waals surface area contributed by atoms with Crippen LogP contribution in [0.4, 0.5) is 0 Å². The molecule has 8 heteroatoms. The van der Waals surface area contributed by atoms with Crippen LogP contribution in [0.2, 0.25) is 0 Å². The molecule has 0 amide bonds. The second-order valence-electron chi connectivity index (χ2n) is 3.39. The van der Waals surface area contributed by atoms with Crippen LogP contribution in [0, 0.1) is 6.92 Å². The van der Waals surface area contributed by atoms with Gasteiger partial charge in [0.2, 0.25) is 0 Å². The summed E-state index contributed by atoms with van der Waals surface area (Å²) in [7, 11) is -5.09. The quantitative estimate of drug-likeness (QED) is 0.433. The molecule has 1 rings (SSSR count). The molecule has 18 heavy (non-hydrogen) atoms. The van der Waals surface area contributed by atoms with E-state index in [1.165, 1.54) is 19.2 Å². The third kappa shape index (κ3) is 4.88.